The van der Waals surface area contributed by atoms with E-state index in [-0.39, 0.29) is 10.6 Å². The Labute approximate surface area is 131 Å². The van der Waals surface area contributed by atoms with Crippen molar-refractivity contribution in [3.8, 4) is 6.07 Å². The number of rotatable bonds is 3. The van der Waals surface area contributed by atoms with Crippen molar-refractivity contribution in [1.82, 2.24) is 0 Å². The van der Waals surface area contributed by atoms with Gasteiger partial charge >= 0.3 is 0 Å². The van der Waals surface area contributed by atoms with E-state index in [2.05, 4.69) is 0 Å². The Bertz CT molecular complexity index is 752. The average molecular weight is 322 g/mol. The van der Waals surface area contributed by atoms with Gasteiger partial charge in [0.25, 0.3) is 0 Å². The van der Waals surface area contributed by atoms with Crippen LogP contribution in [-0.4, -0.2) is 5.78 Å². The zero-order chi connectivity index (χ0) is 15.6. The first-order valence-electron chi connectivity index (χ1n) is 6.09. The summed E-state index contributed by atoms with van der Waals surface area (Å²) in [7, 11) is 0. The molecule has 0 aliphatic carbocycles. The maximum atomic E-state index is 13.1. The van der Waals surface area contributed by atoms with Gasteiger partial charge in [0.1, 0.15) is 11.7 Å². The highest BCUT2D eigenvalue weighted by Gasteiger charge is 2.25. The highest BCUT2D eigenvalue weighted by Crippen LogP contribution is 2.30. The van der Waals surface area contributed by atoms with E-state index >= 15 is 0 Å². The number of hydrogen-bond acceptors (Lipinski definition) is 2. The van der Waals surface area contributed by atoms with Gasteiger partial charge in [-0.1, -0.05) is 41.4 Å². The van der Waals surface area contributed by atoms with Gasteiger partial charge in [-0.25, -0.2) is 4.39 Å². The minimum Gasteiger partial charge on any atom is -0.292 e. The van der Waals surface area contributed by atoms with Gasteiger partial charge in [-0.3, -0.25) is 4.79 Å². The molecule has 2 rings (SSSR count). The van der Waals surface area contributed by atoms with Crippen molar-refractivity contribution in [2.75, 3.05) is 0 Å². The largest absolute Gasteiger partial charge is 0.292 e. The summed E-state index contributed by atoms with van der Waals surface area (Å²) >= 11 is 11.9. The van der Waals surface area contributed by atoms with Gasteiger partial charge in [0.2, 0.25) is 0 Å². The standard InChI is InChI=1S/C16H10Cl2FNO/c1-9-11(3-2-4-14(9)17)16(21)13(8-20)12-6-5-10(19)7-15(12)18/h2-7,13H,1H3. The van der Waals surface area contributed by atoms with Crippen LogP contribution in [0.5, 0.6) is 0 Å². The van der Waals surface area contributed by atoms with Crippen LogP contribution >= 0.6 is 23.2 Å². The molecule has 0 heterocycles. The molecule has 5 heteroatoms. The van der Waals surface area contributed by atoms with Gasteiger partial charge in [0.15, 0.2) is 5.78 Å². The summed E-state index contributed by atoms with van der Waals surface area (Å²) < 4.78 is 13.1. The van der Waals surface area contributed by atoms with Crippen LogP contribution in [0.25, 0.3) is 0 Å². The molecule has 0 radical (unpaired) electrons. The molecule has 0 saturated carbocycles. The van der Waals surface area contributed by atoms with Gasteiger partial charge in [0.05, 0.1) is 6.07 Å². The molecular formula is C16H10Cl2FNO. The van der Waals surface area contributed by atoms with Crippen LogP contribution in [0.1, 0.15) is 27.4 Å². The molecule has 106 valence electrons. The van der Waals surface area contributed by atoms with Crippen molar-refractivity contribution < 1.29 is 9.18 Å². The molecule has 0 aliphatic heterocycles. The summed E-state index contributed by atoms with van der Waals surface area (Å²) in [5.41, 5.74) is 1.24. The van der Waals surface area contributed by atoms with Crippen molar-refractivity contribution in [1.29, 1.82) is 5.26 Å². The maximum Gasteiger partial charge on any atom is 0.184 e. The predicted octanol–water partition coefficient (Wildman–Crippen LogP) is 4.93. The minimum absolute atomic E-state index is 0.0505. The molecule has 0 aromatic heterocycles. The SMILES string of the molecule is Cc1c(Cl)cccc1C(=O)C(C#N)c1ccc(F)cc1Cl. The van der Waals surface area contributed by atoms with Gasteiger partial charge in [0, 0.05) is 15.6 Å². The molecule has 0 aliphatic rings. The quantitative estimate of drug-likeness (QED) is 0.752. The van der Waals surface area contributed by atoms with E-state index in [1.165, 1.54) is 12.1 Å². The predicted molar refractivity (Wildman–Crippen MR) is 80.3 cm³/mol. The van der Waals surface area contributed by atoms with Crippen LogP contribution in [-0.2, 0) is 0 Å². The summed E-state index contributed by atoms with van der Waals surface area (Å²) in [4.78, 5) is 12.6. The second-order valence-corrected chi connectivity index (χ2v) is 5.32. The fraction of sp³-hybridized carbons (Fsp3) is 0.125. The Kier molecular flexibility index (Phi) is 4.62. The summed E-state index contributed by atoms with van der Waals surface area (Å²) in [6, 6.07) is 10.4. The first-order chi connectivity index (χ1) is 9.95. The van der Waals surface area contributed by atoms with E-state index in [0.717, 1.165) is 6.07 Å². The minimum atomic E-state index is -1.10. The molecule has 2 aromatic carbocycles. The molecule has 0 saturated heterocycles. The molecule has 2 aromatic rings. The first-order valence-corrected chi connectivity index (χ1v) is 6.85. The summed E-state index contributed by atoms with van der Waals surface area (Å²) in [6.07, 6.45) is 0. The van der Waals surface area contributed by atoms with E-state index in [9.17, 15) is 14.4 Å². The number of carbonyl (C=O) groups is 1. The van der Waals surface area contributed by atoms with E-state index in [4.69, 9.17) is 23.2 Å². The normalized spacial score (nSPS) is 11.8. The molecule has 0 fully saturated rings. The van der Waals surface area contributed by atoms with E-state index in [0.29, 0.717) is 16.1 Å². The highest BCUT2D eigenvalue weighted by atomic mass is 35.5. The molecule has 0 bridgehead atoms. The number of nitrogens with zero attached hydrogens (tertiary/aromatic N) is 1. The van der Waals surface area contributed by atoms with E-state index in [1.807, 2.05) is 6.07 Å². The van der Waals surface area contributed by atoms with Crippen LogP contribution in [0.15, 0.2) is 36.4 Å². The average Bonchev–Trinajstić information content (AvgIpc) is 2.44. The Morgan fingerprint density at radius 2 is 1.95 bits per heavy atom. The number of Topliss-reactive ketones (excluding diaryl/α,β-unsaturated/α-hetero) is 1. The Morgan fingerprint density at radius 1 is 1.24 bits per heavy atom. The van der Waals surface area contributed by atoms with Crippen LogP contribution in [0, 0.1) is 24.1 Å². The van der Waals surface area contributed by atoms with Gasteiger partial charge in [-0.2, -0.15) is 5.26 Å². The lowest BCUT2D eigenvalue weighted by atomic mass is 9.90. The van der Waals surface area contributed by atoms with Crippen LogP contribution in [0.2, 0.25) is 10.0 Å². The number of ketones is 1. The molecule has 2 nitrogen and oxygen atoms in total. The first kappa shape index (κ1) is 15.5. The lowest BCUT2D eigenvalue weighted by Gasteiger charge is -2.13. The third-order valence-corrected chi connectivity index (χ3v) is 3.93. The van der Waals surface area contributed by atoms with Crippen LogP contribution in [0.3, 0.4) is 0 Å². The highest BCUT2D eigenvalue weighted by molar-refractivity contribution is 6.32. The monoisotopic (exact) mass is 321 g/mol. The lowest BCUT2D eigenvalue weighted by Crippen LogP contribution is -2.13. The van der Waals surface area contributed by atoms with Crippen molar-refractivity contribution >= 4 is 29.0 Å². The van der Waals surface area contributed by atoms with Crippen molar-refractivity contribution in [3.63, 3.8) is 0 Å². The van der Waals surface area contributed by atoms with Gasteiger partial charge in [-0.15, -0.1) is 0 Å². The summed E-state index contributed by atoms with van der Waals surface area (Å²) in [5, 5.41) is 9.81. The fourth-order valence-electron chi connectivity index (χ4n) is 2.03. The van der Waals surface area contributed by atoms with Gasteiger partial charge in [-0.05, 0) is 36.2 Å². The topological polar surface area (TPSA) is 40.9 Å². The van der Waals surface area contributed by atoms with Crippen LogP contribution in [0.4, 0.5) is 4.39 Å². The Hall–Kier alpha value is -1.89. The molecule has 1 unspecified atom stereocenters. The van der Waals surface area contributed by atoms with Crippen LogP contribution < -0.4 is 0 Å². The Morgan fingerprint density at radius 3 is 2.57 bits per heavy atom. The third-order valence-electron chi connectivity index (χ3n) is 3.20. The number of hydrogen-bond donors (Lipinski definition) is 0. The zero-order valence-corrected chi connectivity index (χ0v) is 12.5. The lowest BCUT2D eigenvalue weighted by molar-refractivity contribution is 0.0978. The number of carbonyl (C=O) groups excluding carboxylic acids is 1. The summed E-state index contributed by atoms with van der Waals surface area (Å²) in [6.45, 7) is 1.70. The molecule has 21 heavy (non-hydrogen) atoms. The third kappa shape index (κ3) is 3.07. The Balaban J connectivity index is 2.49. The second kappa shape index (κ2) is 6.26. The maximum absolute atomic E-state index is 13.1. The number of nitriles is 1. The fourth-order valence-corrected chi connectivity index (χ4v) is 2.49. The van der Waals surface area contributed by atoms with Crippen molar-refractivity contribution in [2.24, 2.45) is 0 Å². The van der Waals surface area contributed by atoms with E-state index < -0.39 is 17.5 Å². The molecule has 1 atom stereocenters. The smallest absolute Gasteiger partial charge is 0.184 e. The van der Waals surface area contributed by atoms with Crippen molar-refractivity contribution in [3.05, 3.63) is 69.0 Å². The second-order valence-electron chi connectivity index (χ2n) is 4.50. The molecule has 0 spiro atoms. The molecule has 0 N–H and O–H groups in total. The van der Waals surface area contributed by atoms with Crippen molar-refractivity contribution in [2.45, 2.75) is 12.8 Å². The molecular weight excluding hydrogens is 312 g/mol. The van der Waals surface area contributed by atoms with E-state index in [1.54, 1.807) is 25.1 Å². The number of halogens is 3. The zero-order valence-electron chi connectivity index (χ0n) is 11.0. The molecule has 0 amide bonds. The number of benzene rings is 2. The summed E-state index contributed by atoms with van der Waals surface area (Å²) in [5.74, 6) is -2.03. The van der Waals surface area contributed by atoms with Gasteiger partial charge < -0.3 is 0 Å².